The lowest BCUT2D eigenvalue weighted by Gasteiger charge is -2.36. The quantitative estimate of drug-likeness (QED) is 0.741. The smallest absolute Gasteiger partial charge is 0.276 e. The summed E-state index contributed by atoms with van der Waals surface area (Å²) in [7, 11) is 0. The molecule has 156 valence electrons. The Balaban J connectivity index is 1.36. The lowest BCUT2D eigenvalue weighted by molar-refractivity contribution is 0.0223. The van der Waals surface area contributed by atoms with Crippen molar-refractivity contribution in [2.24, 2.45) is 5.92 Å². The number of nitrogens with zero attached hydrogens (tertiary/aromatic N) is 5. The van der Waals surface area contributed by atoms with Crippen LogP contribution in [0.25, 0.3) is 0 Å². The van der Waals surface area contributed by atoms with Crippen LogP contribution in [0.4, 0.5) is 4.39 Å². The van der Waals surface area contributed by atoms with Crippen molar-refractivity contribution >= 4 is 17.5 Å². The van der Waals surface area contributed by atoms with E-state index in [-0.39, 0.29) is 11.7 Å². The number of hydrogen-bond acceptors (Lipinski definition) is 5. The molecule has 2 aromatic rings. The molecular weight excluding hydrogens is 397 g/mol. The van der Waals surface area contributed by atoms with Crippen LogP contribution < -0.4 is 0 Å². The average Bonchev–Trinajstić information content (AvgIpc) is 3.19. The van der Waals surface area contributed by atoms with Crippen LogP contribution >= 0.6 is 11.6 Å². The summed E-state index contributed by atoms with van der Waals surface area (Å²) < 4.78 is 20.2. The summed E-state index contributed by atoms with van der Waals surface area (Å²) >= 11 is 6.08. The second kappa shape index (κ2) is 9.19. The van der Waals surface area contributed by atoms with Crippen LogP contribution in [0.15, 0.2) is 24.4 Å². The fraction of sp³-hybridized carbons (Fsp3) is 0.550. The van der Waals surface area contributed by atoms with Crippen LogP contribution in [-0.2, 0) is 11.3 Å². The lowest BCUT2D eigenvalue weighted by Crippen LogP contribution is -2.46. The number of morpholine rings is 1. The number of rotatable bonds is 5. The van der Waals surface area contributed by atoms with E-state index in [0.717, 1.165) is 64.3 Å². The van der Waals surface area contributed by atoms with Crippen LogP contribution in [0, 0.1) is 11.7 Å². The number of amides is 1. The van der Waals surface area contributed by atoms with E-state index in [9.17, 15) is 9.18 Å². The molecule has 29 heavy (non-hydrogen) atoms. The van der Waals surface area contributed by atoms with E-state index in [2.05, 4.69) is 15.2 Å². The van der Waals surface area contributed by atoms with Gasteiger partial charge in [0.2, 0.25) is 0 Å². The largest absolute Gasteiger partial charge is 0.379 e. The second-order valence-corrected chi connectivity index (χ2v) is 8.12. The van der Waals surface area contributed by atoms with Gasteiger partial charge in [-0.1, -0.05) is 22.9 Å². The van der Waals surface area contributed by atoms with Gasteiger partial charge < -0.3 is 9.64 Å². The zero-order valence-corrected chi connectivity index (χ0v) is 17.0. The van der Waals surface area contributed by atoms with E-state index in [0.29, 0.717) is 23.2 Å². The number of piperidine rings is 1. The molecule has 0 saturated carbocycles. The SMILES string of the molecule is O=C(c1cn(Cc2ccc(F)cc2Cl)nn1)N1CCCC(CN2CCOCC2)C1. The molecule has 0 radical (unpaired) electrons. The summed E-state index contributed by atoms with van der Waals surface area (Å²) in [5.74, 6) is -0.00284. The van der Waals surface area contributed by atoms with Crippen LogP contribution in [0.2, 0.25) is 5.02 Å². The third-order valence-corrected chi connectivity index (χ3v) is 5.88. The van der Waals surface area contributed by atoms with Crippen LogP contribution in [0.5, 0.6) is 0 Å². The van der Waals surface area contributed by atoms with Crippen molar-refractivity contribution in [1.82, 2.24) is 24.8 Å². The first-order valence-corrected chi connectivity index (χ1v) is 10.4. The average molecular weight is 422 g/mol. The Bertz CT molecular complexity index is 855. The minimum atomic E-state index is -0.384. The molecule has 4 rings (SSSR count). The van der Waals surface area contributed by atoms with Gasteiger partial charge in [-0.2, -0.15) is 0 Å². The number of ether oxygens (including phenoxy) is 1. The third-order valence-electron chi connectivity index (χ3n) is 5.53. The maximum atomic E-state index is 13.2. The Morgan fingerprint density at radius 3 is 2.90 bits per heavy atom. The number of carbonyl (C=O) groups excluding carboxylic acids is 1. The molecule has 9 heteroatoms. The Kier molecular flexibility index (Phi) is 6.42. The molecule has 2 saturated heterocycles. The van der Waals surface area contributed by atoms with Gasteiger partial charge in [0.1, 0.15) is 5.82 Å². The Morgan fingerprint density at radius 1 is 1.28 bits per heavy atom. The topological polar surface area (TPSA) is 63.5 Å². The highest BCUT2D eigenvalue weighted by atomic mass is 35.5. The van der Waals surface area contributed by atoms with E-state index in [4.69, 9.17) is 16.3 Å². The van der Waals surface area contributed by atoms with E-state index < -0.39 is 0 Å². The maximum Gasteiger partial charge on any atom is 0.276 e. The molecule has 2 aliphatic rings. The van der Waals surface area contributed by atoms with Crippen molar-refractivity contribution < 1.29 is 13.9 Å². The predicted molar refractivity (Wildman–Crippen MR) is 106 cm³/mol. The van der Waals surface area contributed by atoms with Crippen molar-refractivity contribution in [2.45, 2.75) is 19.4 Å². The minimum absolute atomic E-state index is 0.0897. The van der Waals surface area contributed by atoms with Gasteiger partial charge in [0.15, 0.2) is 5.69 Å². The van der Waals surface area contributed by atoms with Gasteiger partial charge in [-0.3, -0.25) is 9.69 Å². The van der Waals surface area contributed by atoms with Gasteiger partial charge in [0, 0.05) is 37.7 Å². The van der Waals surface area contributed by atoms with Gasteiger partial charge in [-0.25, -0.2) is 9.07 Å². The van der Waals surface area contributed by atoms with Gasteiger partial charge in [0.25, 0.3) is 5.91 Å². The van der Waals surface area contributed by atoms with E-state index in [1.165, 1.54) is 12.1 Å². The summed E-state index contributed by atoms with van der Waals surface area (Å²) in [6, 6.07) is 4.23. The van der Waals surface area contributed by atoms with E-state index in [1.54, 1.807) is 16.9 Å². The molecule has 0 N–H and O–H groups in total. The van der Waals surface area contributed by atoms with E-state index >= 15 is 0 Å². The molecule has 1 amide bonds. The molecule has 0 aliphatic carbocycles. The van der Waals surface area contributed by atoms with Crippen LogP contribution in [-0.4, -0.2) is 76.6 Å². The molecule has 0 spiro atoms. The minimum Gasteiger partial charge on any atom is -0.379 e. The first kappa shape index (κ1) is 20.3. The zero-order valence-electron chi connectivity index (χ0n) is 16.3. The van der Waals surface area contributed by atoms with Gasteiger partial charge in [0.05, 0.1) is 26.0 Å². The van der Waals surface area contributed by atoms with Gasteiger partial charge in [-0.15, -0.1) is 5.10 Å². The first-order chi connectivity index (χ1) is 14.1. The fourth-order valence-corrected chi connectivity index (χ4v) is 4.23. The van der Waals surface area contributed by atoms with Crippen LogP contribution in [0.1, 0.15) is 28.9 Å². The summed E-state index contributed by atoms with van der Waals surface area (Å²) in [5, 5.41) is 8.43. The van der Waals surface area contributed by atoms with Crippen LogP contribution in [0.3, 0.4) is 0 Å². The molecule has 2 fully saturated rings. The standard InChI is InChI=1S/C20H25ClFN5O2/c21-18-10-17(22)4-3-16(18)13-27-14-19(23-24-27)20(28)26-5-1-2-15(12-26)11-25-6-8-29-9-7-25/h3-4,10,14-15H,1-2,5-9,11-13H2. The number of benzene rings is 1. The molecular formula is C20H25ClFN5O2. The number of likely N-dealkylation sites (tertiary alicyclic amines) is 1. The number of carbonyl (C=O) groups is 1. The van der Waals surface area contributed by atoms with Gasteiger partial charge in [-0.05, 0) is 36.5 Å². The summed E-state index contributed by atoms with van der Waals surface area (Å²) in [5.41, 5.74) is 1.05. The molecule has 1 unspecified atom stereocenters. The summed E-state index contributed by atoms with van der Waals surface area (Å²) in [6.07, 6.45) is 3.77. The van der Waals surface area contributed by atoms with Gasteiger partial charge >= 0.3 is 0 Å². The molecule has 1 aromatic carbocycles. The number of aromatic nitrogens is 3. The maximum absolute atomic E-state index is 13.2. The second-order valence-electron chi connectivity index (χ2n) is 7.71. The molecule has 1 aromatic heterocycles. The van der Waals surface area contributed by atoms with Crippen molar-refractivity contribution in [1.29, 1.82) is 0 Å². The lowest BCUT2D eigenvalue weighted by atomic mass is 9.97. The highest BCUT2D eigenvalue weighted by molar-refractivity contribution is 6.31. The zero-order chi connectivity index (χ0) is 20.2. The molecule has 7 nitrogen and oxygen atoms in total. The first-order valence-electron chi connectivity index (χ1n) is 10.0. The molecule has 0 bridgehead atoms. The summed E-state index contributed by atoms with van der Waals surface area (Å²) in [6.45, 7) is 6.33. The molecule has 3 heterocycles. The Hall–Kier alpha value is -2.03. The van der Waals surface area contributed by atoms with E-state index in [1.807, 2.05) is 4.90 Å². The highest BCUT2D eigenvalue weighted by Crippen LogP contribution is 2.21. The van der Waals surface area contributed by atoms with Crippen molar-refractivity contribution in [3.05, 3.63) is 46.5 Å². The third kappa shape index (κ3) is 5.12. The number of halogens is 2. The van der Waals surface area contributed by atoms with Crippen molar-refractivity contribution in [3.8, 4) is 0 Å². The van der Waals surface area contributed by atoms with Crippen molar-refractivity contribution in [2.75, 3.05) is 45.9 Å². The highest BCUT2D eigenvalue weighted by Gasteiger charge is 2.27. The molecule has 2 aliphatic heterocycles. The summed E-state index contributed by atoms with van der Waals surface area (Å²) in [4.78, 5) is 17.2. The fourth-order valence-electron chi connectivity index (χ4n) is 4.01. The van der Waals surface area contributed by atoms with Crippen molar-refractivity contribution in [3.63, 3.8) is 0 Å². The predicted octanol–water partition coefficient (Wildman–Crippen LogP) is 2.30. The Labute approximate surface area is 174 Å². The Morgan fingerprint density at radius 2 is 2.10 bits per heavy atom. The normalized spacial score (nSPS) is 20.8. The monoisotopic (exact) mass is 421 g/mol. The number of hydrogen-bond donors (Lipinski definition) is 0. The molecule has 1 atom stereocenters.